The molecule has 0 amide bonds. The highest BCUT2D eigenvalue weighted by atomic mass is 16.5. The van der Waals surface area contributed by atoms with E-state index < -0.39 is 0 Å². The van der Waals surface area contributed by atoms with E-state index in [2.05, 4.69) is 33.3 Å². The molecule has 25 heavy (non-hydrogen) atoms. The lowest BCUT2D eigenvalue weighted by Gasteiger charge is -2.15. The summed E-state index contributed by atoms with van der Waals surface area (Å²) in [6.45, 7) is 0. The van der Waals surface area contributed by atoms with E-state index >= 15 is 0 Å². The van der Waals surface area contributed by atoms with E-state index in [0.717, 1.165) is 18.4 Å². The van der Waals surface area contributed by atoms with Gasteiger partial charge in [0.15, 0.2) is 0 Å². The number of nitrogens with zero attached hydrogens (tertiary/aromatic N) is 3. The molecule has 3 unspecified atom stereocenters. The Morgan fingerprint density at radius 3 is 2.64 bits per heavy atom. The number of nitrogens with two attached hydrogens (primary N) is 1. The minimum absolute atomic E-state index is 0.344. The molecule has 2 bridgehead atoms. The number of rotatable bonds is 2. The van der Waals surface area contributed by atoms with Gasteiger partial charge in [0.05, 0.1) is 0 Å². The molecule has 3 aromatic rings. The third-order valence-corrected chi connectivity index (χ3v) is 5.74. The van der Waals surface area contributed by atoms with Gasteiger partial charge in [-0.05, 0) is 66.8 Å². The SMILES string of the molecule is NC1C2CCC1Cc1cc(-c3noc(-c4ccccn4)n3)ccc1C2. The van der Waals surface area contributed by atoms with Crippen molar-refractivity contribution in [2.24, 2.45) is 17.6 Å². The number of pyridine rings is 1. The van der Waals surface area contributed by atoms with Crippen LogP contribution < -0.4 is 5.73 Å². The van der Waals surface area contributed by atoms with Crippen LogP contribution in [0.15, 0.2) is 47.1 Å². The molecule has 2 aliphatic rings. The van der Waals surface area contributed by atoms with Gasteiger partial charge in [0.1, 0.15) is 5.69 Å². The number of benzene rings is 1. The van der Waals surface area contributed by atoms with Gasteiger partial charge in [0, 0.05) is 17.8 Å². The average Bonchev–Trinajstić information content (AvgIpc) is 3.21. The second-order valence-electron chi connectivity index (χ2n) is 7.20. The first-order valence-corrected chi connectivity index (χ1v) is 8.91. The molecule has 1 fully saturated rings. The predicted octanol–water partition coefficient (Wildman–Crippen LogP) is 3.25. The second-order valence-corrected chi connectivity index (χ2v) is 7.20. The number of hydrogen-bond donors (Lipinski definition) is 1. The summed E-state index contributed by atoms with van der Waals surface area (Å²) in [6, 6.07) is 12.5. The van der Waals surface area contributed by atoms with Gasteiger partial charge in [0.2, 0.25) is 5.82 Å². The Balaban J connectivity index is 1.48. The first-order valence-electron chi connectivity index (χ1n) is 8.91. The van der Waals surface area contributed by atoms with Gasteiger partial charge in [-0.3, -0.25) is 4.98 Å². The van der Waals surface area contributed by atoms with Gasteiger partial charge in [-0.2, -0.15) is 4.98 Å². The molecular weight excluding hydrogens is 312 g/mol. The predicted molar refractivity (Wildman–Crippen MR) is 94.6 cm³/mol. The topological polar surface area (TPSA) is 77.8 Å². The third-order valence-electron chi connectivity index (χ3n) is 5.74. The molecule has 5 rings (SSSR count). The van der Waals surface area contributed by atoms with Crippen LogP contribution >= 0.6 is 0 Å². The molecule has 126 valence electrons. The van der Waals surface area contributed by atoms with Crippen molar-refractivity contribution in [1.29, 1.82) is 0 Å². The maximum atomic E-state index is 6.43. The van der Waals surface area contributed by atoms with Crippen LogP contribution in [0.1, 0.15) is 24.0 Å². The van der Waals surface area contributed by atoms with Crippen molar-refractivity contribution >= 4 is 0 Å². The van der Waals surface area contributed by atoms with E-state index in [0.29, 0.717) is 35.3 Å². The van der Waals surface area contributed by atoms with E-state index in [-0.39, 0.29) is 0 Å². The maximum Gasteiger partial charge on any atom is 0.276 e. The first-order chi connectivity index (χ1) is 12.3. The van der Waals surface area contributed by atoms with Crippen LogP contribution in [0.5, 0.6) is 0 Å². The molecule has 0 spiro atoms. The van der Waals surface area contributed by atoms with E-state index in [1.807, 2.05) is 18.2 Å². The number of hydrogen-bond acceptors (Lipinski definition) is 5. The smallest absolute Gasteiger partial charge is 0.276 e. The summed E-state index contributed by atoms with van der Waals surface area (Å²) in [5, 5.41) is 4.15. The summed E-state index contributed by atoms with van der Waals surface area (Å²) in [6.07, 6.45) is 6.40. The van der Waals surface area contributed by atoms with E-state index in [9.17, 15) is 0 Å². The summed E-state index contributed by atoms with van der Waals surface area (Å²) in [7, 11) is 0. The van der Waals surface area contributed by atoms with Crippen molar-refractivity contribution in [3.05, 3.63) is 53.7 Å². The Bertz CT molecular complexity index is 905. The van der Waals surface area contributed by atoms with Crippen molar-refractivity contribution in [3.63, 3.8) is 0 Å². The van der Waals surface area contributed by atoms with Gasteiger partial charge < -0.3 is 10.3 Å². The second kappa shape index (κ2) is 5.77. The summed E-state index contributed by atoms with van der Waals surface area (Å²) in [5.74, 6) is 2.31. The summed E-state index contributed by atoms with van der Waals surface area (Å²) >= 11 is 0. The van der Waals surface area contributed by atoms with Crippen LogP contribution in [0.2, 0.25) is 0 Å². The van der Waals surface area contributed by atoms with Crippen molar-refractivity contribution in [2.45, 2.75) is 31.7 Å². The standard InChI is InChI=1S/C20H20N4O/c21-18-13-5-6-14(18)10-16-11-15(7-4-12(16)9-13)19-23-20(25-24-19)17-3-1-2-8-22-17/h1-4,7-8,11,13-14,18H,5-6,9-10,21H2. The molecule has 1 aromatic carbocycles. The molecule has 0 radical (unpaired) electrons. The maximum absolute atomic E-state index is 6.43. The molecule has 0 saturated heterocycles. The van der Waals surface area contributed by atoms with Crippen molar-refractivity contribution in [1.82, 2.24) is 15.1 Å². The largest absolute Gasteiger partial charge is 0.332 e. The fourth-order valence-electron chi connectivity index (χ4n) is 4.33. The first kappa shape index (κ1) is 14.8. The molecule has 2 heterocycles. The van der Waals surface area contributed by atoms with Gasteiger partial charge in [-0.1, -0.05) is 23.4 Å². The molecular formula is C20H20N4O. The molecule has 0 aliphatic heterocycles. The lowest BCUT2D eigenvalue weighted by atomic mass is 9.92. The monoisotopic (exact) mass is 332 g/mol. The Labute approximate surface area is 146 Å². The minimum atomic E-state index is 0.344. The molecule has 2 N–H and O–H groups in total. The minimum Gasteiger partial charge on any atom is -0.332 e. The van der Waals surface area contributed by atoms with Crippen LogP contribution in [-0.2, 0) is 12.8 Å². The van der Waals surface area contributed by atoms with Gasteiger partial charge in [0.25, 0.3) is 5.89 Å². The van der Waals surface area contributed by atoms with E-state index in [1.165, 1.54) is 24.0 Å². The molecule has 1 saturated carbocycles. The highest BCUT2D eigenvalue weighted by Gasteiger charge is 2.36. The van der Waals surface area contributed by atoms with Gasteiger partial charge in [-0.15, -0.1) is 0 Å². The normalized spacial score (nSPS) is 24.8. The van der Waals surface area contributed by atoms with E-state index in [4.69, 9.17) is 10.3 Å². The van der Waals surface area contributed by atoms with Crippen molar-refractivity contribution in [3.8, 4) is 23.0 Å². The Kier molecular flexibility index (Phi) is 3.41. The molecule has 2 aliphatic carbocycles. The van der Waals surface area contributed by atoms with Gasteiger partial charge in [-0.25, -0.2) is 0 Å². The van der Waals surface area contributed by atoms with Crippen LogP contribution in [0.4, 0.5) is 0 Å². The van der Waals surface area contributed by atoms with Crippen molar-refractivity contribution < 1.29 is 4.52 Å². The lowest BCUT2D eigenvalue weighted by Crippen LogP contribution is -2.31. The molecule has 3 atom stereocenters. The zero-order valence-corrected chi connectivity index (χ0v) is 13.9. The summed E-state index contributed by atoms with van der Waals surface area (Å²) in [4.78, 5) is 8.78. The molecule has 2 aromatic heterocycles. The lowest BCUT2D eigenvalue weighted by molar-refractivity contribution is 0.421. The van der Waals surface area contributed by atoms with Crippen LogP contribution in [0, 0.1) is 11.8 Å². The summed E-state index contributed by atoms with van der Waals surface area (Å²) in [5.41, 5.74) is 10.9. The fourth-order valence-corrected chi connectivity index (χ4v) is 4.33. The summed E-state index contributed by atoms with van der Waals surface area (Å²) < 4.78 is 5.40. The number of fused-ring (bicyclic) bond motifs is 3. The Hall–Kier alpha value is -2.53. The number of aromatic nitrogens is 3. The van der Waals surface area contributed by atoms with Crippen LogP contribution in [0.25, 0.3) is 23.0 Å². The Morgan fingerprint density at radius 1 is 1.00 bits per heavy atom. The van der Waals surface area contributed by atoms with Crippen molar-refractivity contribution in [2.75, 3.05) is 0 Å². The van der Waals surface area contributed by atoms with E-state index in [1.54, 1.807) is 6.20 Å². The highest BCUT2D eigenvalue weighted by molar-refractivity contribution is 5.60. The van der Waals surface area contributed by atoms with Crippen LogP contribution in [-0.4, -0.2) is 21.2 Å². The molecule has 5 nitrogen and oxygen atoms in total. The average molecular weight is 332 g/mol. The fraction of sp³-hybridized carbons (Fsp3) is 0.350. The molecule has 5 heteroatoms. The van der Waals surface area contributed by atoms with Gasteiger partial charge >= 0.3 is 0 Å². The highest BCUT2D eigenvalue weighted by Crippen LogP contribution is 2.39. The Morgan fingerprint density at radius 2 is 1.84 bits per heavy atom. The zero-order chi connectivity index (χ0) is 16.8. The zero-order valence-electron chi connectivity index (χ0n) is 13.9. The van der Waals surface area contributed by atoms with Crippen LogP contribution in [0.3, 0.4) is 0 Å². The third kappa shape index (κ3) is 2.55. The quantitative estimate of drug-likeness (QED) is 0.779.